The van der Waals surface area contributed by atoms with E-state index in [1.54, 1.807) is 12.1 Å². The van der Waals surface area contributed by atoms with Crippen molar-refractivity contribution in [3.63, 3.8) is 0 Å². The highest BCUT2D eigenvalue weighted by Crippen LogP contribution is 2.33. The van der Waals surface area contributed by atoms with Crippen molar-refractivity contribution in [1.29, 1.82) is 0 Å². The van der Waals surface area contributed by atoms with Crippen LogP contribution in [-0.2, 0) is 14.6 Å². The number of nitrogens with zero attached hydrogens (tertiary/aromatic N) is 2. The molecule has 1 N–H and O–H groups in total. The summed E-state index contributed by atoms with van der Waals surface area (Å²) in [5, 5.41) is 10.1. The van der Waals surface area contributed by atoms with Crippen molar-refractivity contribution in [1.82, 2.24) is 10.2 Å². The van der Waals surface area contributed by atoms with Gasteiger partial charge in [0.05, 0.1) is 10.1 Å². The quantitative estimate of drug-likeness (QED) is 0.846. The Hall–Kier alpha value is -2.06. The average molecular weight is 335 g/mol. The van der Waals surface area contributed by atoms with Crippen molar-refractivity contribution in [3.05, 3.63) is 41.9 Å². The van der Waals surface area contributed by atoms with Gasteiger partial charge < -0.3 is 0 Å². The van der Waals surface area contributed by atoms with E-state index in [-0.39, 0.29) is 15.7 Å². The van der Waals surface area contributed by atoms with Crippen molar-refractivity contribution in [2.75, 3.05) is 5.32 Å². The minimum atomic E-state index is -3.22. The summed E-state index contributed by atoms with van der Waals surface area (Å²) in [7, 11) is -3.22. The number of hydrogen-bond donors (Lipinski definition) is 1. The van der Waals surface area contributed by atoms with Gasteiger partial charge in [-0.3, -0.25) is 10.1 Å². The largest absolute Gasteiger partial charge is 0.296 e. The van der Waals surface area contributed by atoms with Crippen LogP contribution in [0.15, 0.2) is 41.3 Å². The summed E-state index contributed by atoms with van der Waals surface area (Å²) in [6, 6.07) is 6.23. The lowest BCUT2D eigenvalue weighted by Crippen LogP contribution is -2.13. The highest BCUT2D eigenvalue weighted by atomic mass is 32.2. The molecule has 1 fully saturated rings. The van der Waals surface area contributed by atoms with Crippen molar-refractivity contribution in [2.24, 2.45) is 0 Å². The van der Waals surface area contributed by atoms with Gasteiger partial charge in [0.1, 0.15) is 5.51 Å². The fraction of sp³-hybridized carbons (Fsp3) is 0.214. The number of aromatic nitrogens is 2. The first-order chi connectivity index (χ1) is 10.5. The monoisotopic (exact) mass is 335 g/mol. The third-order valence-electron chi connectivity index (χ3n) is 3.35. The number of hydrogen-bond acceptors (Lipinski definition) is 6. The van der Waals surface area contributed by atoms with E-state index in [0.717, 1.165) is 12.8 Å². The summed E-state index contributed by atoms with van der Waals surface area (Å²) in [6.45, 7) is 3.74. The number of sulfone groups is 1. The van der Waals surface area contributed by atoms with Crippen LogP contribution in [0.4, 0.5) is 5.13 Å². The lowest BCUT2D eigenvalue weighted by Gasteiger charge is -2.07. The fourth-order valence-electron chi connectivity index (χ4n) is 1.95. The van der Waals surface area contributed by atoms with Crippen molar-refractivity contribution >= 4 is 37.8 Å². The third-order valence-corrected chi connectivity index (χ3v) is 6.23. The Balaban J connectivity index is 1.75. The van der Waals surface area contributed by atoms with Crippen molar-refractivity contribution < 1.29 is 13.2 Å². The number of carbonyl (C=O) groups is 1. The maximum Gasteiger partial charge on any atom is 0.257 e. The Morgan fingerprint density at radius 3 is 2.50 bits per heavy atom. The zero-order valence-corrected chi connectivity index (χ0v) is 13.2. The first-order valence-corrected chi connectivity index (χ1v) is 9.02. The average Bonchev–Trinajstić information content (AvgIpc) is 3.26. The number of carbonyl (C=O) groups excluding carboxylic acids is 1. The Kier molecular flexibility index (Phi) is 3.79. The standard InChI is InChI=1S/C14H13N3O3S2/c1-9(13(18)16-14-17-15-8-21-14)10-2-4-11(5-3-10)22(19,20)12-6-7-12/h2-5,8,12H,1,6-7H2,(H,16,17,18). The third kappa shape index (κ3) is 2.93. The Morgan fingerprint density at radius 2 is 1.95 bits per heavy atom. The predicted molar refractivity (Wildman–Crippen MR) is 84.2 cm³/mol. The van der Waals surface area contributed by atoms with Gasteiger partial charge in [-0.15, -0.1) is 10.2 Å². The summed E-state index contributed by atoms with van der Waals surface area (Å²) in [4.78, 5) is 12.3. The minimum Gasteiger partial charge on any atom is -0.296 e. The summed E-state index contributed by atoms with van der Waals surface area (Å²) >= 11 is 1.21. The first kappa shape index (κ1) is 14.9. The van der Waals surface area contributed by atoms with E-state index in [9.17, 15) is 13.2 Å². The molecule has 0 saturated heterocycles. The van der Waals surface area contributed by atoms with Crippen molar-refractivity contribution in [2.45, 2.75) is 23.0 Å². The molecule has 1 amide bonds. The van der Waals surface area contributed by atoms with Gasteiger partial charge in [-0.2, -0.15) is 0 Å². The summed E-state index contributed by atoms with van der Waals surface area (Å²) in [5.41, 5.74) is 2.32. The second kappa shape index (κ2) is 5.62. The molecule has 1 saturated carbocycles. The van der Waals surface area contributed by atoms with E-state index in [0.29, 0.717) is 10.7 Å². The van der Waals surface area contributed by atoms with Gasteiger partial charge in [-0.05, 0) is 30.5 Å². The number of anilines is 1. The summed E-state index contributed by atoms with van der Waals surface area (Å²) in [5.74, 6) is -0.394. The second-order valence-corrected chi connectivity index (χ2v) is 8.01. The summed E-state index contributed by atoms with van der Waals surface area (Å²) in [6.07, 6.45) is 1.45. The molecular weight excluding hydrogens is 322 g/mol. The van der Waals surface area contributed by atoms with E-state index in [2.05, 4.69) is 22.1 Å². The molecule has 0 unspecified atom stereocenters. The molecule has 0 bridgehead atoms. The maximum absolute atomic E-state index is 12.1. The van der Waals surface area contributed by atoms with E-state index in [1.165, 1.54) is 29.0 Å². The van der Waals surface area contributed by atoms with E-state index < -0.39 is 15.7 Å². The molecule has 1 aliphatic carbocycles. The van der Waals surface area contributed by atoms with Crippen LogP contribution in [0.5, 0.6) is 0 Å². The van der Waals surface area contributed by atoms with Gasteiger partial charge in [0, 0.05) is 5.57 Å². The molecule has 1 heterocycles. The molecule has 2 aromatic rings. The lowest BCUT2D eigenvalue weighted by molar-refractivity contribution is -0.111. The van der Waals surface area contributed by atoms with Crippen LogP contribution in [0.25, 0.3) is 5.57 Å². The van der Waals surface area contributed by atoms with Crippen LogP contribution >= 0.6 is 11.3 Å². The number of amides is 1. The Labute approximate surface area is 131 Å². The fourth-order valence-corrected chi connectivity index (χ4v) is 4.04. The van der Waals surface area contributed by atoms with Gasteiger partial charge >= 0.3 is 0 Å². The minimum absolute atomic E-state index is 0.241. The molecule has 6 nitrogen and oxygen atoms in total. The van der Waals surface area contributed by atoms with E-state index in [4.69, 9.17) is 0 Å². The maximum atomic E-state index is 12.1. The molecule has 3 rings (SSSR count). The normalized spacial score (nSPS) is 14.5. The molecule has 1 aromatic carbocycles. The lowest BCUT2D eigenvalue weighted by atomic mass is 10.1. The highest BCUT2D eigenvalue weighted by Gasteiger charge is 2.36. The molecule has 0 spiro atoms. The Bertz CT molecular complexity index is 808. The zero-order valence-electron chi connectivity index (χ0n) is 11.5. The van der Waals surface area contributed by atoms with Gasteiger partial charge in [-0.1, -0.05) is 30.0 Å². The highest BCUT2D eigenvalue weighted by molar-refractivity contribution is 7.92. The molecule has 0 radical (unpaired) electrons. The zero-order chi connectivity index (χ0) is 15.7. The Morgan fingerprint density at radius 1 is 1.27 bits per heavy atom. The number of nitrogens with one attached hydrogen (secondary N) is 1. The number of rotatable bonds is 5. The van der Waals surface area contributed by atoms with Crippen LogP contribution in [-0.4, -0.2) is 29.8 Å². The van der Waals surface area contributed by atoms with Gasteiger partial charge in [0.2, 0.25) is 5.13 Å². The molecule has 1 aliphatic rings. The second-order valence-electron chi connectivity index (χ2n) is 4.95. The summed E-state index contributed by atoms with van der Waals surface area (Å²) < 4.78 is 24.2. The van der Waals surface area contributed by atoms with Crippen LogP contribution in [0.3, 0.4) is 0 Å². The molecule has 22 heavy (non-hydrogen) atoms. The van der Waals surface area contributed by atoms with Crippen LogP contribution in [0.1, 0.15) is 18.4 Å². The predicted octanol–water partition coefficient (Wildman–Crippen LogP) is 2.13. The van der Waals surface area contributed by atoms with Gasteiger partial charge in [-0.25, -0.2) is 8.42 Å². The van der Waals surface area contributed by atoms with Gasteiger partial charge in [0.25, 0.3) is 5.91 Å². The van der Waals surface area contributed by atoms with Crippen molar-refractivity contribution in [3.8, 4) is 0 Å². The van der Waals surface area contributed by atoms with E-state index in [1.807, 2.05) is 0 Å². The molecule has 114 valence electrons. The smallest absolute Gasteiger partial charge is 0.257 e. The van der Waals surface area contributed by atoms with Crippen LogP contribution in [0.2, 0.25) is 0 Å². The van der Waals surface area contributed by atoms with E-state index >= 15 is 0 Å². The molecular formula is C14H13N3O3S2. The van der Waals surface area contributed by atoms with Crippen LogP contribution in [0, 0.1) is 0 Å². The molecule has 1 aromatic heterocycles. The molecule has 0 aliphatic heterocycles. The topological polar surface area (TPSA) is 89.0 Å². The van der Waals surface area contributed by atoms with Crippen LogP contribution < -0.4 is 5.32 Å². The first-order valence-electron chi connectivity index (χ1n) is 6.59. The SMILES string of the molecule is C=C(C(=O)Nc1nncs1)c1ccc(S(=O)(=O)C2CC2)cc1. The van der Waals surface area contributed by atoms with Gasteiger partial charge in [0.15, 0.2) is 9.84 Å². The molecule has 0 atom stereocenters. The number of benzene rings is 1. The molecule has 8 heteroatoms.